The molecule has 236 valence electrons. The van der Waals surface area contributed by atoms with E-state index < -0.39 is 128 Å². The van der Waals surface area contributed by atoms with Crippen LogP contribution >= 0.6 is 0 Å². The van der Waals surface area contributed by atoms with Gasteiger partial charge in [-0.2, -0.15) is 79.0 Å². The molecular weight excluding hydrogens is 630 g/mol. The van der Waals surface area contributed by atoms with Crippen molar-refractivity contribution in [2.75, 3.05) is 0 Å². The summed E-state index contributed by atoms with van der Waals surface area (Å²) in [6.07, 6.45) is -44.1. The van der Waals surface area contributed by atoms with Gasteiger partial charge in [0.2, 0.25) is 0 Å². The highest BCUT2D eigenvalue weighted by molar-refractivity contribution is 6.87. The largest absolute Gasteiger partial charge is 0.455 e. The molecule has 0 fully saturated rings. The molecule has 0 aromatic carbocycles. The second-order valence-electron chi connectivity index (χ2n) is 9.16. The van der Waals surface area contributed by atoms with Crippen LogP contribution in [0.4, 0.5) is 79.0 Å². The molecule has 0 amide bonds. The summed E-state index contributed by atoms with van der Waals surface area (Å²) in [5.74, 6) is 0. The van der Waals surface area contributed by atoms with Gasteiger partial charge in [0.25, 0.3) is 0 Å². The number of halogens is 18. The van der Waals surface area contributed by atoms with Gasteiger partial charge in [-0.1, -0.05) is 0 Å². The average Bonchev–Trinajstić information content (AvgIpc) is 2.66. The van der Waals surface area contributed by atoms with E-state index in [1.807, 2.05) is 0 Å². The second-order valence-corrected chi connectivity index (χ2v) is 17.7. The standard InChI is InChI=1S/C18H24F18OSi2/c19-13(20,21)1-7-38(8-2-14(22,23)24,9-3-15(25,26)27)37-39(10-4-16(28,29)30,11-5-17(31,32)33)12-6-18(34,35)36/h1-12H2. The van der Waals surface area contributed by atoms with Crippen LogP contribution in [0.1, 0.15) is 38.5 Å². The third kappa shape index (κ3) is 20.6. The van der Waals surface area contributed by atoms with E-state index in [2.05, 4.69) is 0 Å². The molecule has 0 aromatic heterocycles. The van der Waals surface area contributed by atoms with Crippen LogP contribution in [0.2, 0.25) is 36.3 Å². The van der Waals surface area contributed by atoms with Gasteiger partial charge in [-0.15, -0.1) is 0 Å². The lowest BCUT2D eigenvalue weighted by Crippen LogP contribution is -2.53. The minimum Gasteiger partial charge on any atom is -0.455 e. The molecule has 0 bridgehead atoms. The van der Waals surface area contributed by atoms with Crippen LogP contribution in [0.3, 0.4) is 0 Å². The van der Waals surface area contributed by atoms with Crippen LogP contribution < -0.4 is 0 Å². The monoisotopic (exact) mass is 654 g/mol. The number of rotatable bonds is 14. The van der Waals surface area contributed by atoms with Gasteiger partial charge < -0.3 is 4.12 Å². The van der Waals surface area contributed by atoms with Crippen molar-refractivity contribution in [2.24, 2.45) is 0 Å². The molecule has 0 saturated heterocycles. The number of alkyl halides is 18. The molecule has 1 nitrogen and oxygen atoms in total. The van der Waals surface area contributed by atoms with Gasteiger partial charge in [0.15, 0.2) is 16.6 Å². The Hall–Kier alpha value is -0.866. The predicted octanol–water partition coefficient (Wildman–Crippen LogP) is 10.6. The smallest absolute Gasteiger partial charge is 0.388 e. The lowest BCUT2D eigenvalue weighted by atomic mass is 10.5. The van der Waals surface area contributed by atoms with Crippen LogP contribution in [-0.2, 0) is 4.12 Å². The van der Waals surface area contributed by atoms with Crippen molar-refractivity contribution in [3.8, 4) is 0 Å². The summed E-state index contributed by atoms with van der Waals surface area (Å²) in [6, 6.07) is -9.74. The Labute approximate surface area is 212 Å². The van der Waals surface area contributed by atoms with Crippen molar-refractivity contribution in [1.29, 1.82) is 0 Å². The predicted molar refractivity (Wildman–Crippen MR) is 105 cm³/mol. The van der Waals surface area contributed by atoms with E-state index in [4.69, 9.17) is 4.12 Å². The second kappa shape index (κ2) is 13.4. The van der Waals surface area contributed by atoms with E-state index in [-0.39, 0.29) is 0 Å². The summed E-state index contributed by atoms with van der Waals surface area (Å²) in [5.41, 5.74) is 0. The Bertz CT molecular complexity index is 565. The first-order chi connectivity index (χ1) is 16.9. The maximum absolute atomic E-state index is 13.0. The highest BCUT2D eigenvalue weighted by Crippen LogP contribution is 2.45. The summed E-state index contributed by atoms with van der Waals surface area (Å²) in [4.78, 5) is 0. The van der Waals surface area contributed by atoms with Crippen LogP contribution in [-0.4, -0.2) is 53.7 Å². The lowest BCUT2D eigenvalue weighted by molar-refractivity contribution is -0.134. The van der Waals surface area contributed by atoms with Crippen LogP contribution in [0, 0.1) is 0 Å². The van der Waals surface area contributed by atoms with Gasteiger partial charge in [0.05, 0.1) is 0 Å². The molecule has 0 N–H and O–H groups in total. The maximum Gasteiger partial charge on any atom is 0.388 e. The summed E-state index contributed by atoms with van der Waals surface area (Å²) in [7, 11) is -10.5. The third-order valence-electron chi connectivity index (χ3n) is 5.62. The third-order valence-corrected chi connectivity index (χ3v) is 16.0. The Morgan fingerprint density at radius 1 is 0.282 bits per heavy atom. The molecule has 0 radical (unpaired) electrons. The van der Waals surface area contributed by atoms with Crippen molar-refractivity contribution >= 4 is 16.6 Å². The molecule has 0 heterocycles. The van der Waals surface area contributed by atoms with Crippen molar-refractivity contribution in [1.82, 2.24) is 0 Å². The van der Waals surface area contributed by atoms with E-state index in [0.29, 0.717) is 0 Å². The summed E-state index contributed by atoms with van der Waals surface area (Å²) < 4.78 is 239. The highest BCUT2D eigenvalue weighted by Gasteiger charge is 2.52. The van der Waals surface area contributed by atoms with E-state index in [1.165, 1.54) is 0 Å². The van der Waals surface area contributed by atoms with Gasteiger partial charge >= 0.3 is 37.1 Å². The lowest BCUT2D eigenvalue weighted by Gasteiger charge is -2.44. The first kappa shape index (κ1) is 38.1. The summed E-state index contributed by atoms with van der Waals surface area (Å²) >= 11 is 0. The quantitative estimate of drug-likeness (QED) is 0.134. The van der Waals surface area contributed by atoms with Gasteiger partial charge in [-0.25, -0.2) is 0 Å². The SMILES string of the molecule is FC(F)(F)CC[Si](CCC(F)(F)F)(CCC(F)(F)F)O[Si](CCC(F)(F)F)(CCC(F)(F)F)CCC(F)(F)F. The molecule has 0 aromatic rings. The summed E-state index contributed by atoms with van der Waals surface area (Å²) in [5, 5.41) is 0. The normalized spacial score (nSPS) is 15.2. The van der Waals surface area contributed by atoms with E-state index in [9.17, 15) is 79.0 Å². The average molecular weight is 655 g/mol. The molecule has 0 rings (SSSR count). The molecule has 0 aliphatic rings. The Kier molecular flexibility index (Phi) is 13.1. The fourth-order valence-electron chi connectivity index (χ4n) is 3.73. The molecular formula is C18H24F18OSi2. The summed E-state index contributed by atoms with van der Waals surface area (Å²) in [6.45, 7) is 0. The van der Waals surface area contributed by atoms with Crippen LogP contribution in [0.15, 0.2) is 0 Å². The minimum absolute atomic E-state index is 1.62. The zero-order valence-corrected chi connectivity index (χ0v) is 21.7. The van der Waals surface area contributed by atoms with Crippen molar-refractivity contribution in [2.45, 2.75) is 112 Å². The van der Waals surface area contributed by atoms with Crippen molar-refractivity contribution in [3.63, 3.8) is 0 Å². The Balaban J connectivity index is 6.92. The zero-order valence-electron chi connectivity index (χ0n) is 19.7. The van der Waals surface area contributed by atoms with Gasteiger partial charge in [0, 0.05) is 38.5 Å². The maximum atomic E-state index is 13.0. The zero-order chi connectivity index (χ0) is 31.2. The fraction of sp³-hybridized carbons (Fsp3) is 1.00. The van der Waals surface area contributed by atoms with Crippen molar-refractivity contribution < 1.29 is 83.1 Å². The van der Waals surface area contributed by atoms with E-state index in [0.717, 1.165) is 0 Å². The van der Waals surface area contributed by atoms with Crippen molar-refractivity contribution in [3.05, 3.63) is 0 Å². The number of hydrogen-bond donors (Lipinski definition) is 0. The van der Waals surface area contributed by atoms with Gasteiger partial charge in [-0.05, 0) is 36.3 Å². The number of hydrogen-bond acceptors (Lipinski definition) is 1. The van der Waals surface area contributed by atoms with E-state index in [1.54, 1.807) is 0 Å². The molecule has 21 heteroatoms. The van der Waals surface area contributed by atoms with Gasteiger partial charge in [0.1, 0.15) is 0 Å². The molecule has 39 heavy (non-hydrogen) atoms. The van der Waals surface area contributed by atoms with E-state index >= 15 is 0 Å². The Morgan fingerprint density at radius 3 is 0.513 bits per heavy atom. The first-order valence-corrected chi connectivity index (χ1v) is 16.1. The fourth-order valence-corrected chi connectivity index (χ4v) is 15.8. The molecule has 0 saturated carbocycles. The van der Waals surface area contributed by atoms with Gasteiger partial charge in [-0.3, -0.25) is 0 Å². The minimum atomic E-state index is -5.25. The molecule has 0 aliphatic heterocycles. The highest BCUT2D eigenvalue weighted by atomic mass is 28.4. The topological polar surface area (TPSA) is 9.23 Å². The Morgan fingerprint density at radius 2 is 0.410 bits per heavy atom. The molecule has 0 unspecified atom stereocenters. The molecule has 0 atom stereocenters. The van der Waals surface area contributed by atoms with Crippen LogP contribution in [0.25, 0.3) is 0 Å². The molecule has 0 spiro atoms. The molecule has 0 aliphatic carbocycles. The first-order valence-electron chi connectivity index (χ1n) is 11.1. The van der Waals surface area contributed by atoms with Crippen LogP contribution in [0.5, 0.6) is 0 Å².